The Balaban J connectivity index is 1.18. The van der Waals surface area contributed by atoms with E-state index in [1.807, 2.05) is 12.1 Å². The number of thiazole rings is 1. The predicted molar refractivity (Wildman–Crippen MR) is 125 cm³/mol. The largest absolute Gasteiger partial charge is 0.476 e. The monoisotopic (exact) mass is 465 g/mol. The van der Waals surface area contributed by atoms with E-state index in [4.69, 9.17) is 9.26 Å². The molecule has 6 rings (SSSR count). The highest BCUT2D eigenvalue weighted by Gasteiger charge is 2.43. The molecule has 1 N–H and O–H groups in total. The Morgan fingerprint density at radius 2 is 1.97 bits per heavy atom. The average molecular weight is 466 g/mol. The van der Waals surface area contributed by atoms with Gasteiger partial charge in [0.05, 0.1) is 12.7 Å². The number of piperidine rings is 1. The van der Waals surface area contributed by atoms with Crippen LogP contribution in [-0.4, -0.2) is 39.4 Å². The molecule has 3 aromatic rings. The van der Waals surface area contributed by atoms with Crippen LogP contribution < -0.4 is 4.90 Å². The van der Waals surface area contributed by atoms with Gasteiger partial charge in [0.2, 0.25) is 0 Å². The molecule has 0 amide bonds. The summed E-state index contributed by atoms with van der Waals surface area (Å²) in [7, 11) is 0. The van der Waals surface area contributed by atoms with Gasteiger partial charge >= 0.3 is 5.97 Å². The fourth-order valence-electron chi connectivity index (χ4n) is 5.44. The molecule has 0 spiro atoms. The van der Waals surface area contributed by atoms with Gasteiger partial charge in [-0.25, -0.2) is 9.78 Å². The second kappa shape index (κ2) is 8.25. The first-order valence-corrected chi connectivity index (χ1v) is 12.6. The summed E-state index contributed by atoms with van der Waals surface area (Å²) in [6.07, 6.45) is 6.55. The van der Waals surface area contributed by atoms with E-state index >= 15 is 0 Å². The Bertz CT molecular complexity index is 1170. The molecule has 1 aromatic carbocycles. The van der Waals surface area contributed by atoms with E-state index in [0.29, 0.717) is 24.6 Å². The molecule has 3 aliphatic rings. The van der Waals surface area contributed by atoms with Crippen LogP contribution in [0.15, 0.2) is 34.2 Å². The molecular formula is C25H27N3O4S. The van der Waals surface area contributed by atoms with Crippen molar-refractivity contribution in [3.63, 3.8) is 0 Å². The molecule has 2 saturated heterocycles. The lowest BCUT2D eigenvalue weighted by atomic mass is 9.99. The molecule has 33 heavy (non-hydrogen) atoms. The number of hydrogen-bond donors (Lipinski definition) is 1. The third-order valence-electron chi connectivity index (χ3n) is 7.25. The summed E-state index contributed by atoms with van der Waals surface area (Å²) < 4.78 is 12.3. The second-order valence-electron chi connectivity index (χ2n) is 9.48. The van der Waals surface area contributed by atoms with E-state index in [9.17, 15) is 9.90 Å². The fraction of sp³-hybridized carbons (Fsp3) is 0.480. The molecule has 2 unspecified atom stereocenters. The highest BCUT2D eigenvalue weighted by atomic mass is 32.1. The van der Waals surface area contributed by atoms with Gasteiger partial charge in [0, 0.05) is 34.5 Å². The van der Waals surface area contributed by atoms with Crippen LogP contribution in [0, 0.1) is 6.92 Å². The quantitative estimate of drug-likeness (QED) is 0.500. The number of carboxylic acids is 1. The van der Waals surface area contributed by atoms with Crippen molar-refractivity contribution >= 4 is 22.4 Å². The van der Waals surface area contributed by atoms with Crippen molar-refractivity contribution in [2.45, 2.75) is 76.2 Å². The number of nitrogens with zero attached hydrogens (tertiary/aromatic N) is 3. The third kappa shape index (κ3) is 3.85. The number of rotatable bonds is 7. The normalized spacial score (nSPS) is 24.4. The van der Waals surface area contributed by atoms with Gasteiger partial charge in [0.15, 0.2) is 10.8 Å². The van der Waals surface area contributed by atoms with Gasteiger partial charge in [-0.3, -0.25) is 0 Å². The molecule has 172 valence electrons. The highest BCUT2D eigenvalue weighted by molar-refractivity contribution is 7.14. The Morgan fingerprint density at radius 3 is 2.64 bits per heavy atom. The smallest absolute Gasteiger partial charge is 0.355 e. The molecule has 0 radical (unpaired) electrons. The van der Waals surface area contributed by atoms with Gasteiger partial charge in [0.1, 0.15) is 11.5 Å². The maximum absolute atomic E-state index is 11.2. The number of fused-ring (bicyclic) bond motifs is 2. The molecule has 1 saturated carbocycles. The molecule has 1 aliphatic carbocycles. The summed E-state index contributed by atoms with van der Waals surface area (Å²) >= 11 is 1.43. The van der Waals surface area contributed by atoms with E-state index in [1.165, 1.54) is 16.9 Å². The molecular weight excluding hydrogens is 438 g/mol. The van der Waals surface area contributed by atoms with E-state index in [2.05, 4.69) is 34.1 Å². The maximum Gasteiger partial charge on any atom is 0.355 e. The number of aromatic carboxylic acids is 1. The Kier molecular flexibility index (Phi) is 5.22. The highest BCUT2D eigenvalue weighted by Crippen LogP contribution is 2.45. The number of carboxylic acid groups (broad SMARTS) is 1. The van der Waals surface area contributed by atoms with Crippen molar-refractivity contribution in [2.75, 3.05) is 4.90 Å². The summed E-state index contributed by atoms with van der Waals surface area (Å²) in [6.45, 7) is 2.62. The minimum Gasteiger partial charge on any atom is -0.476 e. The van der Waals surface area contributed by atoms with Gasteiger partial charge in [-0.1, -0.05) is 29.4 Å². The second-order valence-corrected chi connectivity index (χ2v) is 10.3. The number of hydrogen-bond acceptors (Lipinski definition) is 7. The molecule has 4 heterocycles. The Labute approximate surface area is 196 Å². The molecule has 2 aromatic heterocycles. The average Bonchev–Trinajstić information content (AvgIpc) is 3.26. The van der Waals surface area contributed by atoms with Crippen molar-refractivity contribution in [3.05, 3.63) is 52.2 Å². The zero-order valence-electron chi connectivity index (χ0n) is 18.6. The first kappa shape index (κ1) is 20.9. The number of benzene rings is 1. The Morgan fingerprint density at radius 1 is 1.21 bits per heavy atom. The summed E-state index contributed by atoms with van der Waals surface area (Å²) in [5.74, 6) is 0.505. The lowest BCUT2D eigenvalue weighted by Crippen LogP contribution is -2.45. The van der Waals surface area contributed by atoms with Crippen LogP contribution in [0.2, 0.25) is 0 Å². The minimum atomic E-state index is -0.965. The summed E-state index contributed by atoms with van der Waals surface area (Å²) in [5, 5.41) is 16.2. The van der Waals surface area contributed by atoms with Crippen molar-refractivity contribution in [3.8, 4) is 11.3 Å². The maximum atomic E-state index is 11.2. The van der Waals surface area contributed by atoms with Gasteiger partial charge in [0.25, 0.3) is 0 Å². The van der Waals surface area contributed by atoms with Crippen molar-refractivity contribution < 1.29 is 19.2 Å². The van der Waals surface area contributed by atoms with Crippen molar-refractivity contribution in [2.24, 2.45) is 0 Å². The lowest BCUT2D eigenvalue weighted by molar-refractivity contribution is 0.0147. The SMILES string of the molecule is Cc1ccccc1-c1noc(C2CC2)c1COC1CC2CC[C@@H](C1)N2c1nc(C(=O)O)cs1. The van der Waals surface area contributed by atoms with Crippen LogP contribution in [0.25, 0.3) is 11.3 Å². The standard InChI is InChI=1S/C25H27N3O4S/c1-14-4-2-3-5-19(14)22-20(23(32-27-22)15-6-7-15)12-31-18-10-16-8-9-17(11-18)28(16)25-26-21(13-33-25)24(29)30/h2-5,13,15-18H,6-12H2,1H3,(H,29,30)/t16-,17?,18?/m0/s1. The lowest BCUT2D eigenvalue weighted by Gasteiger charge is -2.38. The van der Waals surface area contributed by atoms with Gasteiger partial charge in [-0.2, -0.15) is 0 Å². The van der Waals surface area contributed by atoms with Crippen LogP contribution in [0.1, 0.15) is 71.8 Å². The molecule has 8 heteroatoms. The van der Waals surface area contributed by atoms with E-state index < -0.39 is 5.97 Å². The first-order chi connectivity index (χ1) is 16.1. The number of aromatic nitrogens is 2. The van der Waals surface area contributed by atoms with Crippen molar-refractivity contribution in [1.82, 2.24) is 10.1 Å². The van der Waals surface area contributed by atoms with Gasteiger partial charge < -0.3 is 19.3 Å². The van der Waals surface area contributed by atoms with Gasteiger partial charge in [-0.05, 0) is 51.0 Å². The number of carbonyl (C=O) groups is 1. The van der Waals surface area contributed by atoms with Crippen LogP contribution in [-0.2, 0) is 11.3 Å². The zero-order valence-corrected chi connectivity index (χ0v) is 19.4. The molecule has 7 nitrogen and oxygen atoms in total. The molecule has 3 atom stereocenters. The summed E-state index contributed by atoms with van der Waals surface area (Å²) in [4.78, 5) is 17.9. The number of aryl methyl sites for hydroxylation is 1. The van der Waals surface area contributed by atoms with Crippen LogP contribution in [0.3, 0.4) is 0 Å². The minimum absolute atomic E-state index is 0.136. The number of anilines is 1. The zero-order chi connectivity index (χ0) is 22.5. The van der Waals surface area contributed by atoms with Crippen LogP contribution in [0.4, 0.5) is 5.13 Å². The summed E-state index contributed by atoms with van der Waals surface area (Å²) in [5.41, 5.74) is 4.45. The van der Waals surface area contributed by atoms with Crippen LogP contribution in [0.5, 0.6) is 0 Å². The van der Waals surface area contributed by atoms with Crippen molar-refractivity contribution in [1.29, 1.82) is 0 Å². The molecule has 2 aliphatic heterocycles. The van der Waals surface area contributed by atoms with Crippen LogP contribution >= 0.6 is 11.3 Å². The van der Waals surface area contributed by atoms with Gasteiger partial charge in [-0.15, -0.1) is 11.3 Å². The van der Waals surface area contributed by atoms with E-state index in [0.717, 1.165) is 66.2 Å². The van der Waals surface area contributed by atoms with E-state index in [1.54, 1.807) is 5.38 Å². The molecule has 2 bridgehead atoms. The molecule has 3 fully saturated rings. The first-order valence-electron chi connectivity index (χ1n) is 11.7. The number of ether oxygens (including phenoxy) is 1. The fourth-order valence-corrected chi connectivity index (χ4v) is 6.38. The Hall–Kier alpha value is -2.71. The topological polar surface area (TPSA) is 88.7 Å². The predicted octanol–water partition coefficient (Wildman–Crippen LogP) is 5.40. The van der Waals surface area contributed by atoms with E-state index in [-0.39, 0.29) is 11.8 Å². The third-order valence-corrected chi connectivity index (χ3v) is 8.11. The summed E-state index contributed by atoms with van der Waals surface area (Å²) in [6, 6.07) is 8.99.